The van der Waals surface area contributed by atoms with Crippen molar-refractivity contribution in [2.45, 2.75) is 24.5 Å². The fourth-order valence-electron chi connectivity index (χ4n) is 1.83. The number of hydrogen-bond acceptors (Lipinski definition) is 6. The zero-order valence-corrected chi connectivity index (χ0v) is 13.3. The Bertz CT molecular complexity index is 569. The number of carbonyl (C=O) groups is 1. The van der Waals surface area contributed by atoms with Crippen LogP contribution in [-0.4, -0.2) is 45.3 Å². The van der Waals surface area contributed by atoms with Crippen LogP contribution >= 0.6 is 23.1 Å². The normalized spacial score (nSPS) is 10.9. The Labute approximate surface area is 131 Å². The standard InChI is InChI=1S/C13H17N3O3S2/c1-19-7-3-2-6-16-12(10-5-4-8-20-10)14-15-13(16)21-9-11(17)18/h4-5,8H,2-3,6-7,9H2,1H3,(H,17,18). The first-order valence-corrected chi connectivity index (χ1v) is 8.39. The van der Waals surface area contributed by atoms with Crippen molar-refractivity contribution in [3.63, 3.8) is 0 Å². The summed E-state index contributed by atoms with van der Waals surface area (Å²) in [5, 5.41) is 19.8. The second kappa shape index (κ2) is 8.16. The number of hydrogen-bond donors (Lipinski definition) is 1. The van der Waals surface area contributed by atoms with E-state index in [2.05, 4.69) is 10.2 Å². The maximum absolute atomic E-state index is 10.7. The average molecular weight is 327 g/mol. The van der Waals surface area contributed by atoms with E-state index in [1.165, 1.54) is 11.8 Å². The molecular weight excluding hydrogens is 310 g/mol. The molecule has 0 saturated carbocycles. The van der Waals surface area contributed by atoms with E-state index >= 15 is 0 Å². The van der Waals surface area contributed by atoms with Gasteiger partial charge in [0.15, 0.2) is 11.0 Å². The van der Waals surface area contributed by atoms with E-state index in [0.717, 1.165) is 30.1 Å². The minimum absolute atomic E-state index is 0.0132. The van der Waals surface area contributed by atoms with Gasteiger partial charge in [-0.25, -0.2) is 0 Å². The number of carboxylic acid groups (broad SMARTS) is 1. The van der Waals surface area contributed by atoms with Crippen LogP contribution in [-0.2, 0) is 16.1 Å². The molecule has 2 aromatic heterocycles. The number of rotatable bonds is 9. The van der Waals surface area contributed by atoms with Crippen molar-refractivity contribution in [3.05, 3.63) is 17.5 Å². The fourth-order valence-corrected chi connectivity index (χ4v) is 3.23. The number of thiophene rings is 1. The minimum Gasteiger partial charge on any atom is -0.481 e. The van der Waals surface area contributed by atoms with Gasteiger partial charge in [0.25, 0.3) is 0 Å². The quantitative estimate of drug-likeness (QED) is 0.563. The van der Waals surface area contributed by atoms with E-state index in [-0.39, 0.29) is 5.75 Å². The van der Waals surface area contributed by atoms with Crippen LogP contribution in [0.15, 0.2) is 22.7 Å². The van der Waals surface area contributed by atoms with E-state index < -0.39 is 5.97 Å². The van der Waals surface area contributed by atoms with Crippen molar-refractivity contribution in [2.75, 3.05) is 19.5 Å². The summed E-state index contributed by atoms with van der Waals surface area (Å²) in [5.41, 5.74) is 0. The van der Waals surface area contributed by atoms with Crippen molar-refractivity contribution in [2.24, 2.45) is 0 Å². The molecule has 0 aliphatic rings. The molecule has 114 valence electrons. The molecule has 0 radical (unpaired) electrons. The molecule has 0 spiro atoms. The van der Waals surface area contributed by atoms with Crippen molar-refractivity contribution in [1.82, 2.24) is 14.8 Å². The zero-order valence-electron chi connectivity index (χ0n) is 11.7. The number of nitrogens with zero attached hydrogens (tertiary/aromatic N) is 3. The Balaban J connectivity index is 2.14. The summed E-state index contributed by atoms with van der Waals surface area (Å²) in [6.45, 7) is 1.47. The second-order valence-electron chi connectivity index (χ2n) is 4.32. The third kappa shape index (κ3) is 4.55. The van der Waals surface area contributed by atoms with Gasteiger partial charge < -0.3 is 14.4 Å². The van der Waals surface area contributed by atoms with Crippen molar-refractivity contribution >= 4 is 29.1 Å². The van der Waals surface area contributed by atoms with Crippen LogP contribution in [0.4, 0.5) is 0 Å². The molecule has 0 aromatic carbocycles. The number of methoxy groups -OCH3 is 1. The molecule has 0 saturated heterocycles. The minimum atomic E-state index is -0.855. The maximum Gasteiger partial charge on any atom is 0.313 e. The van der Waals surface area contributed by atoms with Crippen LogP contribution in [0.3, 0.4) is 0 Å². The monoisotopic (exact) mass is 327 g/mol. The number of carboxylic acids is 1. The molecule has 8 heteroatoms. The van der Waals surface area contributed by atoms with Gasteiger partial charge in [0.1, 0.15) is 0 Å². The predicted molar refractivity (Wildman–Crippen MR) is 82.8 cm³/mol. The van der Waals surface area contributed by atoms with E-state index in [1.54, 1.807) is 18.4 Å². The average Bonchev–Trinajstić information content (AvgIpc) is 3.10. The summed E-state index contributed by atoms with van der Waals surface area (Å²) in [4.78, 5) is 11.8. The van der Waals surface area contributed by atoms with Crippen LogP contribution < -0.4 is 0 Å². The topological polar surface area (TPSA) is 77.2 Å². The SMILES string of the molecule is COCCCCn1c(SCC(=O)O)nnc1-c1cccs1. The summed E-state index contributed by atoms with van der Waals surface area (Å²) < 4.78 is 7.05. The van der Waals surface area contributed by atoms with E-state index in [4.69, 9.17) is 9.84 Å². The van der Waals surface area contributed by atoms with Crippen molar-refractivity contribution in [1.29, 1.82) is 0 Å². The Morgan fingerprint density at radius 3 is 3.00 bits per heavy atom. The highest BCUT2D eigenvalue weighted by molar-refractivity contribution is 7.99. The van der Waals surface area contributed by atoms with Gasteiger partial charge in [-0.05, 0) is 24.3 Å². The lowest BCUT2D eigenvalue weighted by molar-refractivity contribution is -0.133. The second-order valence-corrected chi connectivity index (χ2v) is 6.21. The first kappa shape index (κ1) is 16.0. The summed E-state index contributed by atoms with van der Waals surface area (Å²) in [6.07, 6.45) is 1.88. The Hall–Kier alpha value is -1.38. The molecule has 0 amide bonds. The third-order valence-electron chi connectivity index (χ3n) is 2.76. The summed E-state index contributed by atoms with van der Waals surface area (Å²) >= 11 is 2.80. The van der Waals surface area contributed by atoms with Gasteiger partial charge in [-0.3, -0.25) is 4.79 Å². The van der Waals surface area contributed by atoms with Gasteiger partial charge in [0.2, 0.25) is 0 Å². The first-order valence-electron chi connectivity index (χ1n) is 6.53. The van der Waals surface area contributed by atoms with Gasteiger partial charge in [-0.2, -0.15) is 0 Å². The number of aliphatic carboxylic acids is 1. The van der Waals surface area contributed by atoms with Crippen LogP contribution in [0, 0.1) is 0 Å². The number of ether oxygens (including phenoxy) is 1. The molecule has 0 bridgehead atoms. The maximum atomic E-state index is 10.7. The highest BCUT2D eigenvalue weighted by atomic mass is 32.2. The Morgan fingerprint density at radius 1 is 1.48 bits per heavy atom. The molecule has 0 aliphatic heterocycles. The molecule has 2 rings (SSSR count). The largest absolute Gasteiger partial charge is 0.481 e. The molecule has 2 aromatic rings. The molecule has 21 heavy (non-hydrogen) atoms. The van der Waals surface area contributed by atoms with E-state index in [0.29, 0.717) is 11.8 Å². The Kier molecular flexibility index (Phi) is 6.21. The van der Waals surface area contributed by atoms with Gasteiger partial charge in [0.05, 0.1) is 10.6 Å². The molecule has 0 unspecified atom stereocenters. The van der Waals surface area contributed by atoms with Gasteiger partial charge in [-0.1, -0.05) is 17.8 Å². The lowest BCUT2D eigenvalue weighted by atomic mass is 10.3. The summed E-state index contributed by atoms with van der Waals surface area (Å²) in [5.74, 6) is -0.0670. The lowest BCUT2D eigenvalue weighted by Crippen LogP contribution is -2.05. The van der Waals surface area contributed by atoms with E-state index in [9.17, 15) is 4.79 Å². The predicted octanol–water partition coefficient (Wildman–Crippen LogP) is 2.61. The third-order valence-corrected chi connectivity index (χ3v) is 4.58. The molecular formula is C13H17N3O3S2. The summed E-state index contributed by atoms with van der Waals surface area (Å²) in [7, 11) is 1.68. The van der Waals surface area contributed by atoms with Crippen LogP contribution in [0.5, 0.6) is 0 Å². The van der Waals surface area contributed by atoms with Gasteiger partial charge in [0, 0.05) is 20.3 Å². The molecule has 6 nitrogen and oxygen atoms in total. The van der Waals surface area contributed by atoms with Crippen LogP contribution in [0.2, 0.25) is 0 Å². The van der Waals surface area contributed by atoms with E-state index in [1.807, 2.05) is 22.1 Å². The lowest BCUT2D eigenvalue weighted by Gasteiger charge is -2.08. The molecule has 0 aliphatic carbocycles. The van der Waals surface area contributed by atoms with Gasteiger partial charge in [-0.15, -0.1) is 21.5 Å². The molecule has 0 fully saturated rings. The number of aromatic nitrogens is 3. The van der Waals surface area contributed by atoms with Crippen molar-refractivity contribution < 1.29 is 14.6 Å². The highest BCUT2D eigenvalue weighted by Gasteiger charge is 2.15. The Morgan fingerprint density at radius 2 is 2.33 bits per heavy atom. The van der Waals surface area contributed by atoms with Gasteiger partial charge >= 0.3 is 5.97 Å². The van der Waals surface area contributed by atoms with Crippen LogP contribution in [0.1, 0.15) is 12.8 Å². The molecule has 1 N–H and O–H groups in total. The summed E-state index contributed by atoms with van der Waals surface area (Å²) in [6, 6.07) is 3.96. The number of unbranched alkanes of at least 4 members (excludes halogenated alkanes) is 1. The number of thioether (sulfide) groups is 1. The fraction of sp³-hybridized carbons (Fsp3) is 0.462. The van der Waals surface area contributed by atoms with Crippen LogP contribution in [0.25, 0.3) is 10.7 Å². The van der Waals surface area contributed by atoms with Crippen molar-refractivity contribution in [3.8, 4) is 10.7 Å². The zero-order chi connectivity index (χ0) is 15.1. The smallest absolute Gasteiger partial charge is 0.313 e. The molecule has 0 atom stereocenters. The molecule has 2 heterocycles. The highest BCUT2D eigenvalue weighted by Crippen LogP contribution is 2.27. The first-order chi connectivity index (χ1) is 10.2.